The molecule has 1 atom stereocenters. The predicted octanol–water partition coefficient (Wildman–Crippen LogP) is 8.10. The molecule has 0 saturated heterocycles. The molecule has 5 heteroatoms. The van der Waals surface area contributed by atoms with Gasteiger partial charge >= 0.3 is 0 Å². The Labute approximate surface area is 238 Å². The Morgan fingerprint density at radius 3 is 2.44 bits per heavy atom. The number of pyridine rings is 1. The molecule has 1 aliphatic carbocycles. The Morgan fingerprint density at radius 1 is 0.780 bits per heavy atom. The molecule has 0 fully saturated rings. The minimum atomic E-state index is -0.113. The van der Waals surface area contributed by atoms with Crippen molar-refractivity contribution in [2.45, 2.75) is 25.2 Å². The molecule has 0 spiro atoms. The first kappa shape index (κ1) is 23.7. The highest BCUT2D eigenvalue weighted by molar-refractivity contribution is 6.12. The van der Waals surface area contributed by atoms with Gasteiger partial charge in [-0.3, -0.25) is 4.98 Å². The number of hydrogen-bond acceptors (Lipinski definition) is 4. The molecule has 2 aliphatic rings. The van der Waals surface area contributed by atoms with E-state index < -0.39 is 0 Å². The molecule has 0 bridgehead atoms. The lowest BCUT2D eigenvalue weighted by Gasteiger charge is -2.34. The second kappa shape index (κ2) is 8.67. The zero-order valence-corrected chi connectivity index (χ0v) is 22.9. The largest absolute Gasteiger partial charge is 0.309 e. The smallest absolute Gasteiger partial charge is 0.165 e. The molecule has 1 unspecified atom stereocenters. The van der Waals surface area contributed by atoms with Gasteiger partial charge in [-0.2, -0.15) is 0 Å². The van der Waals surface area contributed by atoms with Gasteiger partial charge in [0.1, 0.15) is 5.82 Å². The normalized spacial score (nSPS) is 16.8. The van der Waals surface area contributed by atoms with Crippen LogP contribution in [0.4, 0.5) is 0 Å². The summed E-state index contributed by atoms with van der Waals surface area (Å²) in [6.45, 7) is 8.90. The van der Waals surface area contributed by atoms with Gasteiger partial charge in [-0.15, -0.1) is 0 Å². The van der Waals surface area contributed by atoms with E-state index in [0.717, 1.165) is 16.7 Å². The molecule has 3 aromatic carbocycles. The summed E-state index contributed by atoms with van der Waals surface area (Å²) in [6.07, 6.45) is 11.7. The third kappa shape index (κ3) is 3.48. The molecule has 6 aromatic rings. The van der Waals surface area contributed by atoms with Crippen LogP contribution in [0.2, 0.25) is 0 Å². The number of allylic oxidation sites excluding steroid dienone is 5. The third-order valence-corrected chi connectivity index (χ3v) is 8.51. The van der Waals surface area contributed by atoms with E-state index in [2.05, 4.69) is 96.7 Å². The SMILES string of the molecule is C=C1C=CC=CC1c1nc(-c2cccnc2)nc(-c2ccc3c(c2)c2cccc4c2n3-c2ccccc2C4(C)C)n1. The van der Waals surface area contributed by atoms with Crippen LogP contribution in [-0.2, 0) is 5.41 Å². The van der Waals surface area contributed by atoms with Crippen LogP contribution in [0.1, 0.15) is 36.7 Å². The third-order valence-electron chi connectivity index (χ3n) is 8.51. The van der Waals surface area contributed by atoms with E-state index in [1.165, 1.54) is 38.6 Å². The highest BCUT2D eigenvalue weighted by Gasteiger charge is 2.34. The van der Waals surface area contributed by atoms with Gasteiger partial charge in [-0.05, 0) is 53.1 Å². The summed E-state index contributed by atoms with van der Waals surface area (Å²) in [5.74, 6) is 1.81. The summed E-state index contributed by atoms with van der Waals surface area (Å²) >= 11 is 0. The van der Waals surface area contributed by atoms with Crippen molar-refractivity contribution in [3.05, 3.63) is 139 Å². The second-order valence-electron chi connectivity index (χ2n) is 11.3. The van der Waals surface area contributed by atoms with Gasteiger partial charge in [0, 0.05) is 39.7 Å². The van der Waals surface area contributed by atoms with Crippen molar-refractivity contribution < 1.29 is 0 Å². The zero-order valence-electron chi connectivity index (χ0n) is 22.9. The Hall–Kier alpha value is -5.16. The van der Waals surface area contributed by atoms with Crippen LogP contribution in [0.15, 0.2) is 122 Å². The molecule has 196 valence electrons. The van der Waals surface area contributed by atoms with Crippen LogP contribution in [0.5, 0.6) is 0 Å². The lowest BCUT2D eigenvalue weighted by Crippen LogP contribution is -2.26. The molecular formula is C36H27N5. The van der Waals surface area contributed by atoms with Gasteiger partial charge in [0.2, 0.25) is 0 Å². The summed E-state index contributed by atoms with van der Waals surface area (Å²) < 4.78 is 2.42. The van der Waals surface area contributed by atoms with Gasteiger partial charge in [0.05, 0.1) is 22.6 Å². The number of benzene rings is 3. The molecule has 0 N–H and O–H groups in total. The molecule has 5 nitrogen and oxygen atoms in total. The Kier molecular flexibility index (Phi) is 5.01. The Bertz CT molecular complexity index is 2100. The maximum absolute atomic E-state index is 5.01. The Morgan fingerprint density at radius 2 is 1.61 bits per heavy atom. The van der Waals surface area contributed by atoms with Crippen molar-refractivity contribution in [1.82, 2.24) is 24.5 Å². The van der Waals surface area contributed by atoms with E-state index in [4.69, 9.17) is 15.0 Å². The second-order valence-corrected chi connectivity index (χ2v) is 11.3. The average molecular weight is 530 g/mol. The summed E-state index contributed by atoms with van der Waals surface area (Å²) in [6, 6.07) is 25.9. The van der Waals surface area contributed by atoms with E-state index >= 15 is 0 Å². The number of hydrogen-bond donors (Lipinski definition) is 0. The lowest BCUT2D eigenvalue weighted by molar-refractivity contribution is 0.630. The minimum absolute atomic E-state index is 0.102. The molecule has 0 saturated carbocycles. The van der Waals surface area contributed by atoms with Crippen LogP contribution < -0.4 is 0 Å². The van der Waals surface area contributed by atoms with Gasteiger partial charge in [-0.1, -0.05) is 81.1 Å². The molecule has 3 aromatic heterocycles. The lowest BCUT2D eigenvalue weighted by atomic mass is 9.75. The molecule has 4 heterocycles. The Balaban J connectivity index is 1.38. The van der Waals surface area contributed by atoms with Gasteiger partial charge in [-0.25, -0.2) is 15.0 Å². The number of aromatic nitrogens is 5. The topological polar surface area (TPSA) is 56.5 Å². The van der Waals surface area contributed by atoms with Crippen LogP contribution in [0.3, 0.4) is 0 Å². The van der Waals surface area contributed by atoms with Gasteiger partial charge < -0.3 is 4.57 Å². The summed E-state index contributed by atoms with van der Waals surface area (Å²) in [5.41, 5.74) is 9.00. The maximum Gasteiger partial charge on any atom is 0.165 e. The van der Waals surface area contributed by atoms with E-state index in [1.807, 2.05) is 30.4 Å². The van der Waals surface area contributed by atoms with Crippen molar-refractivity contribution in [3.63, 3.8) is 0 Å². The highest BCUT2D eigenvalue weighted by atomic mass is 15.0. The fraction of sp³-hybridized carbons (Fsp3) is 0.111. The van der Waals surface area contributed by atoms with Crippen molar-refractivity contribution in [2.24, 2.45) is 0 Å². The van der Waals surface area contributed by atoms with E-state index in [1.54, 1.807) is 12.4 Å². The molecule has 41 heavy (non-hydrogen) atoms. The number of para-hydroxylation sites is 2. The monoisotopic (exact) mass is 529 g/mol. The molecule has 0 amide bonds. The first-order valence-corrected chi connectivity index (χ1v) is 13.9. The van der Waals surface area contributed by atoms with Crippen molar-refractivity contribution in [2.75, 3.05) is 0 Å². The number of rotatable bonds is 3. The van der Waals surface area contributed by atoms with E-state index in [9.17, 15) is 0 Å². The summed E-state index contributed by atoms with van der Waals surface area (Å²) in [4.78, 5) is 19.2. The average Bonchev–Trinajstić information content (AvgIpc) is 3.35. The van der Waals surface area contributed by atoms with Crippen LogP contribution in [0, 0.1) is 0 Å². The van der Waals surface area contributed by atoms with Crippen LogP contribution in [0.25, 0.3) is 50.3 Å². The van der Waals surface area contributed by atoms with Gasteiger partial charge in [0.15, 0.2) is 11.6 Å². The first-order chi connectivity index (χ1) is 20.0. The molecule has 8 rings (SSSR count). The van der Waals surface area contributed by atoms with E-state index in [-0.39, 0.29) is 11.3 Å². The molecule has 1 aliphatic heterocycles. The molecular weight excluding hydrogens is 502 g/mol. The standard InChI is InChI=1S/C36H27N5/c1-22-10-4-5-12-25(22)35-39-33(38-34(40-35)24-11-9-19-37-21-24)23-17-18-30-27(20-23)26-13-8-15-29-32(26)41(30)31-16-7-6-14-28(31)36(29,2)3/h4-21,25H,1H2,2-3H3. The van der Waals surface area contributed by atoms with Crippen LogP contribution >= 0.6 is 0 Å². The molecule has 0 radical (unpaired) electrons. The van der Waals surface area contributed by atoms with Crippen molar-refractivity contribution >= 4 is 21.8 Å². The van der Waals surface area contributed by atoms with Crippen molar-refractivity contribution in [1.29, 1.82) is 0 Å². The number of nitrogens with zero attached hydrogens (tertiary/aromatic N) is 5. The first-order valence-electron chi connectivity index (χ1n) is 13.9. The fourth-order valence-corrected chi connectivity index (χ4v) is 6.42. The maximum atomic E-state index is 5.01. The fourth-order valence-electron chi connectivity index (χ4n) is 6.42. The quantitative estimate of drug-likeness (QED) is 0.232. The highest BCUT2D eigenvalue weighted by Crippen LogP contribution is 2.47. The van der Waals surface area contributed by atoms with E-state index in [0.29, 0.717) is 17.5 Å². The summed E-state index contributed by atoms with van der Waals surface area (Å²) in [7, 11) is 0. The van der Waals surface area contributed by atoms with Crippen LogP contribution in [-0.4, -0.2) is 24.5 Å². The summed E-state index contributed by atoms with van der Waals surface area (Å²) in [5, 5.41) is 2.42. The van der Waals surface area contributed by atoms with Crippen molar-refractivity contribution in [3.8, 4) is 28.5 Å². The minimum Gasteiger partial charge on any atom is -0.309 e. The number of fused-ring (bicyclic) bond motifs is 5. The predicted molar refractivity (Wildman–Crippen MR) is 165 cm³/mol. The van der Waals surface area contributed by atoms with Gasteiger partial charge in [0.25, 0.3) is 0 Å². The zero-order chi connectivity index (χ0) is 27.7.